The van der Waals surface area contributed by atoms with E-state index in [0.717, 1.165) is 24.6 Å². The van der Waals surface area contributed by atoms with Crippen LogP contribution < -0.4 is 9.80 Å². The van der Waals surface area contributed by atoms with Gasteiger partial charge < -0.3 is 19.4 Å². The summed E-state index contributed by atoms with van der Waals surface area (Å²) in [4.78, 5) is 27.9. The Kier molecular flexibility index (Phi) is 5.38. The van der Waals surface area contributed by atoms with Gasteiger partial charge in [0.2, 0.25) is 5.95 Å². The third-order valence-electron chi connectivity index (χ3n) is 5.12. The molecule has 0 bridgehead atoms. The molecule has 0 aliphatic carbocycles. The molecule has 2 aliphatic rings. The Morgan fingerprint density at radius 1 is 1.00 bits per heavy atom. The maximum absolute atomic E-state index is 13.9. The van der Waals surface area contributed by atoms with Gasteiger partial charge in [-0.3, -0.25) is 4.79 Å². The lowest BCUT2D eigenvalue weighted by Crippen LogP contribution is -2.49. The fourth-order valence-electron chi connectivity index (χ4n) is 3.55. The van der Waals surface area contributed by atoms with E-state index in [1.54, 1.807) is 17.0 Å². The molecule has 0 N–H and O–H groups in total. The van der Waals surface area contributed by atoms with E-state index in [1.807, 2.05) is 13.0 Å². The van der Waals surface area contributed by atoms with Crippen LogP contribution in [-0.2, 0) is 4.74 Å². The Hall–Kier alpha value is -2.74. The molecular formula is C20H24FN5O2. The summed E-state index contributed by atoms with van der Waals surface area (Å²) in [6.07, 6.45) is 0. The van der Waals surface area contributed by atoms with Crippen LogP contribution in [0.4, 0.5) is 16.2 Å². The van der Waals surface area contributed by atoms with Gasteiger partial charge in [-0.15, -0.1) is 0 Å². The lowest BCUT2D eigenvalue weighted by Gasteiger charge is -2.35. The topological polar surface area (TPSA) is 61.8 Å². The summed E-state index contributed by atoms with van der Waals surface area (Å²) in [5.74, 6) is 0.846. The molecule has 7 nitrogen and oxygen atoms in total. The first-order valence-electron chi connectivity index (χ1n) is 9.59. The Morgan fingerprint density at radius 3 is 2.43 bits per heavy atom. The molecule has 148 valence electrons. The third-order valence-corrected chi connectivity index (χ3v) is 5.12. The van der Waals surface area contributed by atoms with Crippen molar-refractivity contribution < 1.29 is 13.9 Å². The smallest absolute Gasteiger partial charge is 0.256 e. The van der Waals surface area contributed by atoms with Crippen molar-refractivity contribution in [3.8, 4) is 0 Å². The van der Waals surface area contributed by atoms with Crippen LogP contribution in [0.25, 0.3) is 0 Å². The maximum atomic E-state index is 13.9. The van der Waals surface area contributed by atoms with Gasteiger partial charge in [0.15, 0.2) is 0 Å². The summed E-state index contributed by atoms with van der Waals surface area (Å²) in [5, 5.41) is 0. The minimum Gasteiger partial charge on any atom is -0.378 e. The van der Waals surface area contributed by atoms with Crippen molar-refractivity contribution in [2.24, 2.45) is 0 Å². The largest absolute Gasteiger partial charge is 0.378 e. The molecule has 4 rings (SSSR count). The Labute approximate surface area is 163 Å². The van der Waals surface area contributed by atoms with Crippen LogP contribution in [-0.4, -0.2) is 73.3 Å². The van der Waals surface area contributed by atoms with Gasteiger partial charge in [-0.25, -0.2) is 9.37 Å². The van der Waals surface area contributed by atoms with E-state index >= 15 is 0 Å². The number of carbonyl (C=O) groups excluding carboxylic acids is 1. The fourth-order valence-corrected chi connectivity index (χ4v) is 3.55. The summed E-state index contributed by atoms with van der Waals surface area (Å²) < 4.78 is 19.3. The van der Waals surface area contributed by atoms with Gasteiger partial charge in [0, 0.05) is 51.0 Å². The molecule has 8 heteroatoms. The summed E-state index contributed by atoms with van der Waals surface area (Å²) in [6.45, 7) is 7.27. The first-order chi connectivity index (χ1) is 13.6. The zero-order chi connectivity index (χ0) is 19.5. The number of rotatable bonds is 3. The van der Waals surface area contributed by atoms with E-state index < -0.39 is 5.82 Å². The SMILES string of the molecule is Cc1cc(N2CCOCC2)nc(N2CCN(C(=O)c3ccccc3F)CC2)n1. The van der Waals surface area contributed by atoms with Gasteiger partial charge in [0.05, 0.1) is 18.8 Å². The number of carbonyl (C=O) groups is 1. The van der Waals surface area contributed by atoms with Crippen LogP contribution in [0.3, 0.4) is 0 Å². The minimum absolute atomic E-state index is 0.123. The molecule has 3 heterocycles. The number of benzene rings is 1. The second-order valence-electron chi connectivity index (χ2n) is 7.03. The number of aromatic nitrogens is 2. The zero-order valence-corrected chi connectivity index (χ0v) is 16.0. The maximum Gasteiger partial charge on any atom is 0.256 e. The summed E-state index contributed by atoms with van der Waals surface area (Å²) in [5.41, 5.74) is 1.04. The molecule has 2 saturated heterocycles. The molecule has 1 aromatic carbocycles. The zero-order valence-electron chi connectivity index (χ0n) is 16.0. The van der Waals surface area contributed by atoms with Gasteiger partial charge in [0.1, 0.15) is 11.6 Å². The van der Waals surface area contributed by atoms with Crippen molar-refractivity contribution in [1.82, 2.24) is 14.9 Å². The van der Waals surface area contributed by atoms with Crippen molar-refractivity contribution in [1.29, 1.82) is 0 Å². The van der Waals surface area contributed by atoms with E-state index in [0.29, 0.717) is 45.3 Å². The number of aryl methyl sites for hydroxylation is 1. The van der Waals surface area contributed by atoms with Crippen molar-refractivity contribution in [3.05, 3.63) is 47.4 Å². The third kappa shape index (κ3) is 3.91. The highest BCUT2D eigenvalue weighted by Gasteiger charge is 2.26. The van der Waals surface area contributed by atoms with E-state index in [2.05, 4.69) is 14.8 Å². The van der Waals surface area contributed by atoms with Crippen LogP contribution in [0.2, 0.25) is 0 Å². The summed E-state index contributed by atoms with van der Waals surface area (Å²) in [6, 6.07) is 8.11. The number of nitrogens with zero attached hydrogens (tertiary/aromatic N) is 5. The Bertz CT molecular complexity index is 848. The molecule has 0 spiro atoms. The van der Waals surface area contributed by atoms with E-state index in [1.165, 1.54) is 12.1 Å². The van der Waals surface area contributed by atoms with Crippen molar-refractivity contribution in [2.45, 2.75) is 6.92 Å². The van der Waals surface area contributed by atoms with E-state index in [9.17, 15) is 9.18 Å². The molecule has 0 saturated carbocycles. The Morgan fingerprint density at radius 2 is 1.71 bits per heavy atom. The second-order valence-corrected chi connectivity index (χ2v) is 7.03. The average Bonchev–Trinajstić information content (AvgIpc) is 2.74. The van der Waals surface area contributed by atoms with Crippen LogP contribution in [0.1, 0.15) is 16.1 Å². The summed E-state index contributed by atoms with van der Waals surface area (Å²) in [7, 11) is 0. The number of anilines is 2. The highest BCUT2D eigenvalue weighted by Crippen LogP contribution is 2.20. The normalized spacial score (nSPS) is 17.7. The number of piperazine rings is 1. The predicted octanol–water partition coefficient (Wildman–Crippen LogP) is 1.72. The van der Waals surface area contributed by atoms with Crippen LogP contribution in [0, 0.1) is 12.7 Å². The highest BCUT2D eigenvalue weighted by atomic mass is 19.1. The quantitative estimate of drug-likeness (QED) is 0.802. The summed E-state index contributed by atoms with van der Waals surface area (Å²) >= 11 is 0. The first kappa shape index (κ1) is 18.6. The minimum atomic E-state index is -0.480. The molecule has 0 atom stereocenters. The first-order valence-corrected chi connectivity index (χ1v) is 9.59. The number of halogens is 1. The highest BCUT2D eigenvalue weighted by molar-refractivity contribution is 5.94. The van der Waals surface area contributed by atoms with Crippen molar-refractivity contribution in [3.63, 3.8) is 0 Å². The lowest BCUT2D eigenvalue weighted by molar-refractivity contribution is 0.0741. The second kappa shape index (κ2) is 8.10. The van der Waals surface area contributed by atoms with Gasteiger partial charge in [0.25, 0.3) is 5.91 Å². The standard InChI is InChI=1S/C20H24FN5O2/c1-15-14-18(24-10-12-28-13-11-24)23-20(22-15)26-8-6-25(7-9-26)19(27)16-4-2-3-5-17(16)21/h2-5,14H,6-13H2,1H3. The van der Waals surface area contributed by atoms with Gasteiger partial charge >= 0.3 is 0 Å². The van der Waals surface area contributed by atoms with Gasteiger partial charge in [-0.2, -0.15) is 4.98 Å². The molecule has 28 heavy (non-hydrogen) atoms. The van der Waals surface area contributed by atoms with Gasteiger partial charge in [-0.05, 0) is 19.1 Å². The van der Waals surface area contributed by atoms with E-state index in [4.69, 9.17) is 9.72 Å². The molecule has 1 amide bonds. The fraction of sp³-hybridized carbons (Fsp3) is 0.450. The monoisotopic (exact) mass is 385 g/mol. The van der Waals surface area contributed by atoms with Crippen LogP contribution in [0.15, 0.2) is 30.3 Å². The Balaban J connectivity index is 1.44. The molecule has 1 aromatic heterocycles. The molecular weight excluding hydrogens is 361 g/mol. The number of morpholine rings is 1. The molecule has 0 unspecified atom stereocenters. The van der Waals surface area contributed by atoms with Crippen molar-refractivity contribution in [2.75, 3.05) is 62.3 Å². The molecule has 2 fully saturated rings. The lowest BCUT2D eigenvalue weighted by atomic mass is 10.1. The van der Waals surface area contributed by atoms with Crippen LogP contribution >= 0.6 is 0 Å². The molecule has 2 aliphatic heterocycles. The number of amides is 1. The number of hydrogen-bond donors (Lipinski definition) is 0. The van der Waals surface area contributed by atoms with Crippen LogP contribution in [0.5, 0.6) is 0 Å². The predicted molar refractivity (Wildman–Crippen MR) is 104 cm³/mol. The molecule has 2 aromatic rings. The van der Waals surface area contributed by atoms with E-state index in [-0.39, 0.29) is 11.5 Å². The van der Waals surface area contributed by atoms with Crippen molar-refractivity contribution >= 4 is 17.7 Å². The average molecular weight is 385 g/mol. The van der Waals surface area contributed by atoms with Gasteiger partial charge in [-0.1, -0.05) is 12.1 Å². The number of ether oxygens (including phenoxy) is 1. The molecule has 0 radical (unpaired) electrons. The number of hydrogen-bond acceptors (Lipinski definition) is 6.